The second kappa shape index (κ2) is 5.61. The van der Waals surface area contributed by atoms with Crippen molar-refractivity contribution in [3.8, 4) is 0 Å². The van der Waals surface area contributed by atoms with E-state index >= 15 is 0 Å². The van der Waals surface area contributed by atoms with Crippen LogP contribution < -0.4 is 5.32 Å². The molecule has 0 radical (unpaired) electrons. The van der Waals surface area contributed by atoms with E-state index in [1.54, 1.807) is 0 Å². The average molecular weight is 377 g/mol. The highest BCUT2D eigenvalue weighted by atomic mass is 16.2. The van der Waals surface area contributed by atoms with Crippen LogP contribution in [0.3, 0.4) is 0 Å². The third-order valence-electron chi connectivity index (χ3n) is 6.25. The number of hydrogen-bond donors (Lipinski definition) is 3. The highest BCUT2D eigenvalue weighted by Crippen LogP contribution is 2.50. The van der Waals surface area contributed by atoms with Crippen molar-refractivity contribution >= 4 is 33.4 Å². The maximum atomic E-state index is 13.8. The molecule has 1 aliphatic rings. The zero-order chi connectivity index (χ0) is 19.6. The van der Waals surface area contributed by atoms with E-state index < -0.39 is 5.41 Å². The molecule has 0 bridgehead atoms. The number of aryl methyl sites for hydroxylation is 1. The molecule has 140 valence electrons. The number of fused-ring (bicyclic) bond motifs is 3. The minimum atomic E-state index is -0.945. The van der Waals surface area contributed by atoms with Crippen LogP contribution in [0, 0.1) is 6.92 Å². The van der Waals surface area contributed by atoms with E-state index in [1.807, 2.05) is 54.7 Å². The maximum Gasteiger partial charge on any atom is 0.245 e. The van der Waals surface area contributed by atoms with Crippen molar-refractivity contribution in [2.24, 2.45) is 0 Å². The lowest BCUT2D eigenvalue weighted by Crippen LogP contribution is -2.37. The predicted octanol–water partition coefficient (Wildman–Crippen LogP) is 5.24. The highest BCUT2D eigenvalue weighted by molar-refractivity contribution is 6.14. The molecule has 3 heterocycles. The summed E-state index contributed by atoms with van der Waals surface area (Å²) in [5, 5.41) is 5.33. The van der Waals surface area contributed by atoms with Crippen LogP contribution >= 0.6 is 0 Å². The minimum absolute atomic E-state index is 0.0295. The van der Waals surface area contributed by atoms with Crippen LogP contribution in [0.4, 0.5) is 5.69 Å². The summed E-state index contributed by atoms with van der Waals surface area (Å²) in [7, 11) is 0. The van der Waals surface area contributed by atoms with E-state index in [1.165, 1.54) is 0 Å². The summed E-state index contributed by atoms with van der Waals surface area (Å²) in [6, 6.07) is 24.4. The van der Waals surface area contributed by atoms with Gasteiger partial charge < -0.3 is 15.3 Å². The molecule has 29 heavy (non-hydrogen) atoms. The molecule has 0 spiro atoms. The number of carbonyl (C=O) groups excluding carboxylic acids is 1. The van der Waals surface area contributed by atoms with E-state index in [0.717, 1.165) is 49.9 Å². The van der Waals surface area contributed by atoms with Crippen LogP contribution in [-0.4, -0.2) is 15.9 Å². The van der Waals surface area contributed by atoms with Gasteiger partial charge in [0, 0.05) is 50.5 Å². The molecular formula is C25H19N3O. The molecule has 5 aromatic rings. The number of carbonyl (C=O) groups is 1. The normalized spacial score (nSPS) is 18.3. The monoisotopic (exact) mass is 377 g/mol. The first-order chi connectivity index (χ1) is 14.2. The molecule has 3 N–H and O–H groups in total. The Kier molecular flexibility index (Phi) is 3.13. The minimum Gasteiger partial charge on any atom is -0.361 e. The van der Waals surface area contributed by atoms with E-state index in [2.05, 4.69) is 46.5 Å². The number of nitrogens with one attached hydrogen (secondary N) is 3. The van der Waals surface area contributed by atoms with Crippen molar-refractivity contribution in [1.82, 2.24) is 9.97 Å². The van der Waals surface area contributed by atoms with Crippen molar-refractivity contribution < 1.29 is 4.79 Å². The zero-order valence-corrected chi connectivity index (χ0v) is 15.9. The number of amides is 1. The fourth-order valence-corrected chi connectivity index (χ4v) is 4.95. The highest BCUT2D eigenvalue weighted by Gasteiger charge is 2.52. The molecule has 1 atom stereocenters. The number of aromatic amines is 2. The molecule has 3 aromatic carbocycles. The van der Waals surface area contributed by atoms with Gasteiger partial charge in [-0.1, -0.05) is 54.6 Å². The van der Waals surface area contributed by atoms with Gasteiger partial charge in [0.15, 0.2) is 0 Å². The first kappa shape index (κ1) is 16.2. The first-order valence-corrected chi connectivity index (χ1v) is 9.76. The molecule has 0 fully saturated rings. The van der Waals surface area contributed by atoms with E-state index in [-0.39, 0.29) is 5.91 Å². The predicted molar refractivity (Wildman–Crippen MR) is 116 cm³/mol. The molecule has 1 aliphatic heterocycles. The quantitative estimate of drug-likeness (QED) is 0.387. The fourth-order valence-electron chi connectivity index (χ4n) is 4.95. The second-order valence-electron chi connectivity index (χ2n) is 7.67. The Morgan fingerprint density at radius 2 is 1.45 bits per heavy atom. The van der Waals surface area contributed by atoms with Gasteiger partial charge in [-0.2, -0.15) is 0 Å². The Labute approximate surface area is 167 Å². The third-order valence-corrected chi connectivity index (χ3v) is 6.25. The summed E-state index contributed by atoms with van der Waals surface area (Å²) in [4.78, 5) is 20.7. The fraction of sp³-hybridized carbons (Fsp3) is 0.0800. The van der Waals surface area contributed by atoms with Gasteiger partial charge in [0.2, 0.25) is 5.91 Å². The molecule has 4 nitrogen and oxygen atoms in total. The van der Waals surface area contributed by atoms with Crippen LogP contribution in [0.25, 0.3) is 21.8 Å². The summed E-state index contributed by atoms with van der Waals surface area (Å²) >= 11 is 0. The first-order valence-electron chi connectivity index (χ1n) is 9.76. The Morgan fingerprint density at radius 1 is 0.759 bits per heavy atom. The summed E-state index contributed by atoms with van der Waals surface area (Å²) in [6.45, 7) is 2.10. The molecule has 1 amide bonds. The standard InChI is InChI=1S/C25H19N3O/c1-15-16-8-2-6-12-21(16)27-23(15)25(18-10-4-7-13-22(18)28-24(25)29)19-14-26-20-11-5-3-9-17(19)20/h2-14,26-27H,1H3,(H,28,29). The molecule has 0 saturated carbocycles. The van der Waals surface area contributed by atoms with Gasteiger partial charge in [0.1, 0.15) is 5.41 Å². The van der Waals surface area contributed by atoms with Crippen LogP contribution in [0.15, 0.2) is 79.0 Å². The van der Waals surface area contributed by atoms with Gasteiger partial charge in [-0.15, -0.1) is 0 Å². The second-order valence-corrected chi connectivity index (χ2v) is 7.67. The summed E-state index contributed by atoms with van der Waals surface area (Å²) in [5.41, 5.74) is 5.93. The van der Waals surface area contributed by atoms with Crippen LogP contribution in [-0.2, 0) is 10.2 Å². The molecular weight excluding hydrogens is 358 g/mol. The lowest BCUT2D eigenvalue weighted by molar-refractivity contribution is -0.118. The number of hydrogen-bond acceptors (Lipinski definition) is 1. The Hall–Kier alpha value is -3.79. The SMILES string of the molecule is Cc1c(C2(c3c[nH]c4ccccc34)C(=O)Nc3ccccc32)[nH]c2ccccc12. The van der Waals surface area contributed by atoms with Crippen molar-refractivity contribution in [2.75, 3.05) is 5.32 Å². The number of para-hydroxylation sites is 3. The van der Waals surface area contributed by atoms with E-state index in [9.17, 15) is 4.79 Å². The zero-order valence-electron chi connectivity index (χ0n) is 15.9. The number of rotatable bonds is 2. The Morgan fingerprint density at radius 3 is 2.28 bits per heavy atom. The number of benzene rings is 3. The van der Waals surface area contributed by atoms with Crippen molar-refractivity contribution in [2.45, 2.75) is 12.3 Å². The molecule has 6 rings (SSSR count). The Bertz CT molecular complexity index is 1420. The lowest BCUT2D eigenvalue weighted by atomic mass is 9.71. The molecule has 0 saturated heterocycles. The summed E-state index contributed by atoms with van der Waals surface area (Å²) in [6.07, 6.45) is 1.98. The lowest BCUT2D eigenvalue weighted by Gasteiger charge is -2.28. The largest absolute Gasteiger partial charge is 0.361 e. The smallest absolute Gasteiger partial charge is 0.245 e. The number of anilines is 1. The molecule has 0 aliphatic carbocycles. The molecule has 1 unspecified atom stereocenters. The summed E-state index contributed by atoms with van der Waals surface area (Å²) in [5.74, 6) is -0.0295. The van der Waals surface area contributed by atoms with Gasteiger partial charge in [-0.25, -0.2) is 0 Å². The van der Waals surface area contributed by atoms with Crippen molar-refractivity contribution in [3.05, 3.63) is 101 Å². The van der Waals surface area contributed by atoms with Crippen LogP contribution in [0.2, 0.25) is 0 Å². The van der Waals surface area contributed by atoms with Crippen molar-refractivity contribution in [3.63, 3.8) is 0 Å². The molecule has 4 heteroatoms. The van der Waals surface area contributed by atoms with E-state index in [4.69, 9.17) is 0 Å². The number of H-pyrrole nitrogens is 2. The van der Waals surface area contributed by atoms with Gasteiger partial charge >= 0.3 is 0 Å². The van der Waals surface area contributed by atoms with Crippen molar-refractivity contribution in [1.29, 1.82) is 0 Å². The van der Waals surface area contributed by atoms with E-state index in [0.29, 0.717) is 0 Å². The number of aromatic nitrogens is 2. The van der Waals surface area contributed by atoms with Crippen LogP contribution in [0.5, 0.6) is 0 Å². The van der Waals surface area contributed by atoms with Gasteiger partial charge in [-0.3, -0.25) is 4.79 Å². The third kappa shape index (κ3) is 1.95. The maximum absolute atomic E-state index is 13.8. The topological polar surface area (TPSA) is 60.7 Å². The van der Waals surface area contributed by atoms with Gasteiger partial charge in [-0.05, 0) is 30.7 Å². The van der Waals surface area contributed by atoms with Gasteiger partial charge in [0.25, 0.3) is 0 Å². The van der Waals surface area contributed by atoms with Gasteiger partial charge in [0.05, 0.1) is 0 Å². The average Bonchev–Trinajstić information content (AvgIpc) is 3.41. The molecule has 2 aromatic heterocycles. The Balaban J connectivity index is 1.80. The van der Waals surface area contributed by atoms with Crippen LogP contribution in [0.1, 0.15) is 22.4 Å². The summed E-state index contributed by atoms with van der Waals surface area (Å²) < 4.78 is 0.